The Kier molecular flexibility index (Phi) is 4.69. The normalized spacial score (nSPS) is 23.7. The van der Waals surface area contributed by atoms with E-state index in [1.165, 1.54) is 4.90 Å². The minimum absolute atomic E-state index is 0.351. The van der Waals surface area contributed by atoms with Crippen molar-refractivity contribution in [2.45, 2.75) is 63.7 Å². The van der Waals surface area contributed by atoms with Gasteiger partial charge in [0.1, 0.15) is 6.04 Å². The lowest BCUT2D eigenvalue weighted by Gasteiger charge is -2.30. The minimum atomic E-state index is -4.44. The number of carbonyl (C=O) groups excluding carboxylic acids is 1. The second-order valence-electron chi connectivity index (χ2n) is 6.54. The van der Waals surface area contributed by atoms with Crippen LogP contribution in [0.1, 0.15) is 56.3 Å². The SMILES string of the molecule is Cc1nc([C@@H]2CCCN2C(=O)N[C@H](C2CCCC2)C(F)(F)F)no1. The topological polar surface area (TPSA) is 71.3 Å². The van der Waals surface area contributed by atoms with Gasteiger partial charge in [0, 0.05) is 13.5 Å². The van der Waals surface area contributed by atoms with Crippen LogP contribution in [0, 0.1) is 12.8 Å². The number of urea groups is 1. The van der Waals surface area contributed by atoms with E-state index < -0.39 is 30.2 Å². The molecule has 1 saturated carbocycles. The Balaban J connectivity index is 1.72. The van der Waals surface area contributed by atoms with Crippen molar-refractivity contribution in [3.8, 4) is 0 Å². The maximum absolute atomic E-state index is 13.4. The standard InChI is InChI=1S/C15H21F3N4O2/c1-9-19-13(21-24-9)11-7-4-8-22(11)14(23)20-12(15(16,17)18)10-5-2-3-6-10/h10-12H,2-8H2,1H3,(H,20,23)/t11-,12+/m0/s1. The first-order chi connectivity index (χ1) is 11.4. The molecule has 2 atom stereocenters. The molecule has 0 spiro atoms. The number of hydrogen-bond donors (Lipinski definition) is 1. The van der Waals surface area contributed by atoms with Crippen molar-refractivity contribution < 1.29 is 22.5 Å². The van der Waals surface area contributed by atoms with Gasteiger partial charge in [-0.05, 0) is 31.6 Å². The van der Waals surface area contributed by atoms with Gasteiger partial charge in [-0.1, -0.05) is 18.0 Å². The number of halogens is 3. The van der Waals surface area contributed by atoms with Gasteiger partial charge in [0.05, 0.1) is 6.04 Å². The number of aromatic nitrogens is 2. The zero-order chi connectivity index (χ0) is 17.3. The van der Waals surface area contributed by atoms with Crippen LogP contribution in [0.15, 0.2) is 4.52 Å². The summed E-state index contributed by atoms with van der Waals surface area (Å²) in [5.74, 6) is 0.184. The summed E-state index contributed by atoms with van der Waals surface area (Å²) in [7, 11) is 0. The second kappa shape index (κ2) is 6.60. The molecule has 1 aromatic rings. The van der Waals surface area contributed by atoms with Crippen LogP contribution in [-0.2, 0) is 0 Å². The Bertz CT molecular complexity index is 584. The molecule has 0 bridgehead atoms. The Morgan fingerprint density at radius 2 is 2.00 bits per heavy atom. The molecule has 1 aliphatic carbocycles. The van der Waals surface area contributed by atoms with Crippen LogP contribution in [0.5, 0.6) is 0 Å². The van der Waals surface area contributed by atoms with Crippen LogP contribution in [0.3, 0.4) is 0 Å². The molecule has 2 fully saturated rings. The zero-order valence-corrected chi connectivity index (χ0v) is 13.5. The van der Waals surface area contributed by atoms with Gasteiger partial charge in [-0.3, -0.25) is 0 Å². The predicted octanol–water partition coefficient (Wildman–Crippen LogP) is 3.35. The van der Waals surface area contributed by atoms with E-state index in [4.69, 9.17) is 4.52 Å². The fraction of sp³-hybridized carbons (Fsp3) is 0.800. The number of rotatable bonds is 3. The van der Waals surface area contributed by atoms with Gasteiger partial charge < -0.3 is 14.7 Å². The number of hydrogen-bond acceptors (Lipinski definition) is 4. The van der Waals surface area contributed by atoms with E-state index in [2.05, 4.69) is 15.5 Å². The highest BCUT2D eigenvalue weighted by Gasteiger charge is 2.47. The Morgan fingerprint density at radius 1 is 1.29 bits per heavy atom. The summed E-state index contributed by atoms with van der Waals surface area (Å²) in [6.07, 6.45) is -0.570. The van der Waals surface area contributed by atoms with Crippen LogP contribution in [-0.4, -0.2) is 39.8 Å². The average Bonchev–Trinajstić information content (AvgIpc) is 3.23. The van der Waals surface area contributed by atoms with E-state index in [0.29, 0.717) is 43.9 Å². The first-order valence-electron chi connectivity index (χ1n) is 8.30. The average molecular weight is 346 g/mol. The molecule has 0 radical (unpaired) electrons. The molecule has 2 aliphatic rings. The van der Waals surface area contributed by atoms with Gasteiger partial charge in [0.2, 0.25) is 5.89 Å². The quantitative estimate of drug-likeness (QED) is 0.911. The molecular formula is C15H21F3N4O2. The summed E-state index contributed by atoms with van der Waals surface area (Å²) in [6, 6.07) is -2.92. The van der Waals surface area contributed by atoms with Gasteiger partial charge in [0.15, 0.2) is 5.82 Å². The third-order valence-corrected chi connectivity index (χ3v) is 4.86. The van der Waals surface area contributed by atoms with Crippen molar-refractivity contribution in [3.05, 3.63) is 11.7 Å². The molecule has 134 valence electrons. The van der Waals surface area contributed by atoms with E-state index in [0.717, 1.165) is 12.8 Å². The van der Waals surface area contributed by atoms with E-state index in [1.807, 2.05) is 0 Å². The Hall–Kier alpha value is -1.80. The number of nitrogens with zero attached hydrogens (tertiary/aromatic N) is 3. The molecule has 1 N–H and O–H groups in total. The Morgan fingerprint density at radius 3 is 2.58 bits per heavy atom. The lowest BCUT2D eigenvalue weighted by Crippen LogP contribution is -2.53. The summed E-state index contributed by atoms with van der Waals surface area (Å²) in [5, 5.41) is 6.03. The molecule has 24 heavy (non-hydrogen) atoms. The molecule has 2 amide bonds. The summed E-state index contributed by atoms with van der Waals surface area (Å²) in [5.41, 5.74) is 0. The van der Waals surface area contributed by atoms with Crippen molar-refractivity contribution in [2.24, 2.45) is 5.92 Å². The number of aryl methyl sites for hydroxylation is 1. The van der Waals surface area contributed by atoms with Crippen molar-refractivity contribution in [3.63, 3.8) is 0 Å². The fourth-order valence-electron chi connectivity index (χ4n) is 3.70. The summed E-state index contributed by atoms with van der Waals surface area (Å²) >= 11 is 0. The fourth-order valence-corrected chi connectivity index (χ4v) is 3.70. The third kappa shape index (κ3) is 3.49. The van der Waals surface area contributed by atoms with Crippen LogP contribution in [0.25, 0.3) is 0 Å². The molecule has 0 unspecified atom stereocenters. The first kappa shape index (κ1) is 17.0. The van der Waals surface area contributed by atoms with Crippen LogP contribution >= 0.6 is 0 Å². The number of carbonyl (C=O) groups is 1. The van der Waals surface area contributed by atoms with Crippen LogP contribution in [0.2, 0.25) is 0 Å². The highest BCUT2D eigenvalue weighted by atomic mass is 19.4. The second-order valence-corrected chi connectivity index (χ2v) is 6.54. The van der Waals surface area contributed by atoms with Crippen molar-refractivity contribution in [1.29, 1.82) is 0 Å². The zero-order valence-electron chi connectivity index (χ0n) is 13.5. The van der Waals surface area contributed by atoms with E-state index in [9.17, 15) is 18.0 Å². The lowest BCUT2D eigenvalue weighted by molar-refractivity contribution is -0.165. The maximum atomic E-state index is 13.4. The third-order valence-electron chi connectivity index (χ3n) is 4.86. The van der Waals surface area contributed by atoms with Gasteiger partial charge in [-0.15, -0.1) is 0 Å². The van der Waals surface area contributed by atoms with Crippen molar-refractivity contribution in [1.82, 2.24) is 20.4 Å². The summed E-state index contributed by atoms with van der Waals surface area (Å²) in [4.78, 5) is 18.0. The van der Waals surface area contributed by atoms with E-state index in [-0.39, 0.29) is 0 Å². The molecule has 1 aromatic heterocycles. The number of nitrogens with one attached hydrogen (secondary N) is 1. The number of likely N-dealkylation sites (tertiary alicyclic amines) is 1. The molecule has 2 heterocycles. The minimum Gasteiger partial charge on any atom is -0.340 e. The van der Waals surface area contributed by atoms with Gasteiger partial charge >= 0.3 is 12.2 Å². The molecule has 1 saturated heterocycles. The molecule has 3 rings (SSSR count). The summed E-state index contributed by atoms with van der Waals surface area (Å²) in [6.45, 7) is 2.02. The highest BCUT2D eigenvalue weighted by Crippen LogP contribution is 2.36. The highest BCUT2D eigenvalue weighted by molar-refractivity contribution is 5.75. The molecule has 0 aromatic carbocycles. The lowest BCUT2D eigenvalue weighted by atomic mass is 9.98. The van der Waals surface area contributed by atoms with Gasteiger partial charge in [0.25, 0.3) is 0 Å². The van der Waals surface area contributed by atoms with E-state index in [1.54, 1.807) is 6.92 Å². The van der Waals surface area contributed by atoms with Gasteiger partial charge in [-0.25, -0.2) is 4.79 Å². The number of alkyl halides is 3. The van der Waals surface area contributed by atoms with Crippen molar-refractivity contribution >= 4 is 6.03 Å². The van der Waals surface area contributed by atoms with Crippen LogP contribution in [0.4, 0.5) is 18.0 Å². The molecule has 9 heteroatoms. The first-order valence-corrected chi connectivity index (χ1v) is 8.30. The molecular weight excluding hydrogens is 325 g/mol. The molecule has 6 nitrogen and oxygen atoms in total. The monoisotopic (exact) mass is 346 g/mol. The maximum Gasteiger partial charge on any atom is 0.408 e. The molecule has 1 aliphatic heterocycles. The smallest absolute Gasteiger partial charge is 0.340 e. The van der Waals surface area contributed by atoms with Gasteiger partial charge in [-0.2, -0.15) is 18.2 Å². The largest absolute Gasteiger partial charge is 0.408 e. The predicted molar refractivity (Wildman–Crippen MR) is 78.0 cm³/mol. The van der Waals surface area contributed by atoms with Crippen molar-refractivity contribution in [2.75, 3.05) is 6.54 Å². The number of amides is 2. The summed E-state index contributed by atoms with van der Waals surface area (Å²) < 4.78 is 45.0. The Labute approximate surface area is 137 Å². The van der Waals surface area contributed by atoms with Crippen LogP contribution < -0.4 is 5.32 Å². The van der Waals surface area contributed by atoms with E-state index >= 15 is 0 Å².